The van der Waals surface area contributed by atoms with Crippen molar-refractivity contribution < 1.29 is 18.3 Å². The molecule has 1 atom stereocenters. The maximum atomic E-state index is 13.3. The first kappa shape index (κ1) is 19.1. The number of nitrogens with one attached hydrogen (secondary N) is 1. The molecule has 3 aromatic rings. The van der Waals surface area contributed by atoms with Crippen molar-refractivity contribution in [2.75, 3.05) is 6.61 Å². The highest BCUT2D eigenvalue weighted by Gasteiger charge is 2.25. The van der Waals surface area contributed by atoms with Gasteiger partial charge in [0.15, 0.2) is 5.06 Å². The van der Waals surface area contributed by atoms with E-state index in [1.807, 2.05) is 4.68 Å². The number of fused-ring (bicyclic) bond motifs is 3. The summed E-state index contributed by atoms with van der Waals surface area (Å²) in [6.07, 6.45) is 2.04. The molecule has 146 valence electrons. The van der Waals surface area contributed by atoms with E-state index in [9.17, 15) is 13.6 Å². The average molecular weight is 468 g/mol. The van der Waals surface area contributed by atoms with E-state index in [2.05, 4.69) is 26.3 Å². The molecule has 2 aromatic heterocycles. The van der Waals surface area contributed by atoms with Gasteiger partial charge in [0.05, 0.1) is 33.3 Å². The molecule has 0 saturated heterocycles. The number of benzene rings is 1. The van der Waals surface area contributed by atoms with Gasteiger partial charge in [-0.3, -0.25) is 9.48 Å². The fraction of sp³-hybridized carbons (Fsp3) is 0.263. The molecule has 0 unspecified atom stereocenters. The molecule has 1 amide bonds. The van der Waals surface area contributed by atoms with E-state index < -0.39 is 11.6 Å². The van der Waals surface area contributed by atoms with Crippen molar-refractivity contribution in [1.29, 1.82) is 0 Å². The zero-order valence-electron chi connectivity index (χ0n) is 14.8. The second-order valence-corrected chi connectivity index (χ2v) is 8.45. The van der Waals surface area contributed by atoms with Crippen LogP contribution in [0.2, 0.25) is 0 Å². The van der Waals surface area contributed by atoms with Crippen molar-refractivity contribution in [3.63, 3.8) is 0 Å². The van der Waals surface area contributed by atoms with Crippen LogP contribution in [0.4, 0.5) is 8.78 Å². The zero-order valence-corrected chi connectivity index (χ0v) is 17.2. The van der Waals surface area contributed by atoms with Crippen LogP contribution in [0.15, 0.2) is 34.9 Å². The number of nitrogens with zero attached hydrogens (tertiary/aromatic N) is 2. The highest BCUT2D eigenvalue weighted by Crippen LogP contribution is 2.42. The molecule has 1 N–H and O–H groups in total. The van der Waals surface area contributed by atoms with Crippen molar-refractivity contribution >= 4 is 33.2 Å². The van der Waals surface area contributed by atoms with Gasteiger partial charge < -0.3 is 10.1 Å². The van der Waals surface area contributed by atoms with Crippen molar-refractivity contribution in [2.45, 2.75) is 25.9 Å². The second kappa shape index (κ2) is 7.63. The van der Waals surface area contributed by atoms with Crippen LogP contribution >= 0.6 is 27.3 Å². The first-order valence-corrected chi connectivity index (χ1v) is 10.3. The van der Waals surface area contributed by atoms with Crippen LogP contribution in [0.3, 0.4) is 0 Å². The van der Waals surface area contributed by atoms with Crippen LogP contribution in [0, 0.1) is 11.6 Å². The Morgan fingerprint density at radius 1 is 1.36 bits per heavy atom. The lowest BCUT2D eigenvalue weighted by Gasteiger charge is -2.13. The Labute approximate surface area is 172 Å². The molecule has 0 fully saturated rings. The minimum absolute atomic E-state index is 0.256. The Bertz CT molecular complexity index is 1030. The number of halogens is 3. The number of hydrogen-bond acceptors (Lipinski definition) is 4. The van der Waals surface area contributed by atoms with Gasteiger partial charge in [-0.15, -0.1) is 0 Å². The molecule has 3 heterocycles. The largest absolute Gasteiger partial charge is 0.481 e. The van der Waals surface area contributed by atoms with E-state index in [1.54, 1.807) is 19.2 Å². The van der Waals surface area contributed by atoms with E-state index >= 15 is 0 Å². The highest BCUT2D eigenvalue weighted by molar-refractivity contribution is 9.10. The molecule has 1 aliphatic heterocycles. The number of carbonyl (C=O) groups is 1. The Kier molecular flexibility index (Phi) is 5.20. The quantitative estimate of drug-likeness (QED) is 0.618. The van der Waals surface area contributed by atoms with Gasteiger partial charge in [-0.05, 0) is 53.0 Å². The van der Waals surface area contributed by atoms with Crippen molar-refractivity contribution in [3.8, 4) is 16.3 Å². The number of hydrogen-bond donors (Lipinski definition) is 1. The number of carbonyl (C=O) groups excluding carboxylic acids is 1. The maximum Gasteiger partial charge on any atom is 0.261 e. The van der Waals surface area contributed by atoms with Gasteiger partial charge in [0.1, 0.15) is 18.2 Å². The monoisotopic (exact) mass is 467 g/mol. The molecule has 9 heteroatoms. The van der Waals surface area contributed by atoms with Gasteiger partial charge in [-0.1, -0.05) is 11.3 Å². The summed E-state index contributed by atoms with van der Waals surface area (Å²) >= 11 is 4.77. The summed E-state index contributed by atoms with van der Waals surface area (Å²) in [6.45, 7) is 2.89. The minimum Gasteiger partial charge on any atom is -0.481 e. The van der Waals surface area contributed by atoms with Crippen LogP contribution in [-0.2, 0) is 13.0 Å². The fourth-order valence-electron chi connectivity index (χ4n) is 3.21. The third kappa shape index (κ3) is 3.81. The average Bonchev–Trinajstić information content (AvgIpc) is 3.13. The maximum absolute atomic E-state index is 13.3. The number of amides is 1. The predicted octanol–water partition coefficient (Wildman–Crippen LogP) is 4.41. The number of rotatable bonds is 4. The molecule has 0 aliphatic carbocycles. The smallest absolute Gasteiger partial charge is 0.261 e. The van der Waals surface area contributed by atoms with E-state index in [0.717, 1.165) is 21.8 Å². The lowest BCUT2D eigenvalue weighted by Crippen LogP contribution is -2.33. The van der Waals surface area contributed by atoms with Crippen LogP contribution in [0.25, 0.3) is 11.3 Å². The summed E-state index contributed by atoms with van der Waals surface area (Å²) in [6, 6.07) is 4.85. The molecule has 5 nitrogen and oxygen atoms in total. The first-order valence-electron chi connectivity index (χ1n) is 8.65. The van der Waals surface area contributed by atoms with Gasteiger partial charge >= 0.3 is 0 Å². The van der Waals surface area contributed by atoms with Crippen molar-refractivity contribution in [1.82, 2.24) is 15.1 Å². The Morgan fingerprint density at radius 3 is 2.86 bits per heavy atom. The van der Waals surface area contributed by atoms with E-state index in [0.29, 0.717) is 35.1 Å². The third-order valence-electron chi connectivity index (χ3n) is 4.35. The topological polar surface area (TPSA) is 56.1 Å². The summed E-state index contributed by atoms with van der Waals surface area (Å²) in [4.78, 5) is 13.2. The van der Waals surface area contributed by atoms with Gasteiger partial charge in [0.25, 0.3) is 5.91 Å². The Morgan fingerprint density at radius 2 is 2.11 bits per heavy atom. The van der Waals surface area contributed by atoms with Crippen LogP contribution < -0.4 is 10.1 Å². The van der Waals surface area contributed by atoms with Crippen molar-refractivity contribution in [2.24, 2.45) is 0 Å². The van der Waals surface area contributed by atoms with E-state index in [1.165, 1.54) is 23.5 Å². The summed E-state index contributed by atoms with van der Waals surface area (Å²) in [5.41, 5.74) is 2.19. The third-order valence-corrected chi connectivity index (χ3v) is 5.98. The van der Waals surface area contributed by atoms with E-state index in [4.69, 9.17) is 4.74 Å². The molecule has 0 bridgehead atoms. The molecule has 4 rings (SSSR count). The van der Waals surface area contributed by atoms with Gasteiger partial charge in [-0.25, -0.2) is 8.78 Å². The second-order valence-electron chi connectivity index (χ2n) is 6.58. The number of ether oxygens (including phenoxy) is 1. The lowest BCUT2D eigenvalue weighted by atomic mass is 10.1. The predicted molar refractivity (Wildman–Crippen MR) is 106 cm³/mol. The molecule has 28 heavy (non-hydrogen) atoms. The summed E-state index contributed by atoms with van der Waals surface area (Å²) < 4.78 is 35.1. The van der Waals surface area contributed by atoms with Crippen LogP contribution in [0.5, 0.6) is 5.06 Å². The SMILES string of the molecule is C[C@H](Cc1cc(F)cc(F)c1)NC(=O)c1cc2c(s1)OCCn1ncc(Br)c1-2. The van der Waals surface area contributed by atoms with Gasteiger partial charge in [-0.2, -0.15) is 5.10 Å². The minimum atomic E-state index is -0.630. The summed E-state index contributed by atoms with van der Waals surface area (Å²) in [7, 11) is 0. The molecule has 0 radical (unpaired) electrons. The van der Waals surface area contributed by atoms with Gasteiger partial charge in [0, 0.05) is 12.1 Å². The van der Waals surface area contributed by atoms with Crippen molar-refractivity contribution in [3.05, 3.63) is 57.0 Å². The standard InChI is InChI=1S/C19H16BrF2N3O2S/c1-10(4-11-5-12(21)7-13(22)6-11)24-18(26)16-8-14-17-15(20)9-23-25(17)2-3-27-19(14)28-16/h5-10H,2-4H2,1H3,(H,24,26)/t10-/m1/s1. The highest BCUT2D eigenvalue weighted by atomic mass is 79.9. The lowest BCUT2D eigenvalue weighted by molar-refractivity contribution is 0.0944. The number of thiophene rings is 1. The number of aromatic nitrogens is 2. The first-order chi connectivity index (χ1) is 13.4. The Balaban J connectivity index is 1.51. The normalized spacial score (nSPS) is 13.9. The van der Waals surface area contributed by atoms with Gasteiger partial charge in [0.2, 0.25) is 0 Å². The molecule has 0 spiro atoms. The summed E-state index contributed by atoms with van der Waals surface area (Å²) in [5.74, 6) is -1.52. The fourth-order valence-corrected chi connectivity index (χ4v) is 4.66. The summed E-state index contributed by atoms with van der Waals surface area (Å²) in [5, 5.41) is 7.86. The molecule has 1 aliphatic rings. The van der Waals surface area contributed by atoms with E-state index in [-0.39, 0.29) is 11.9 Å². The molecule has 0 saturated carbocycles. The molecular formula is C19H16BrF2N3O2S. The molecular weight excluding hydrogens is 452 g/mol. The van der Waals surface area contributed by atoms with Crippen LogP contribution in [0.1, 0.15) is 22.2 Å². The zero-order chi connectivity index (χ0) is 19.8. The van der Waals surface area contributed by atoms with Crippen LogP contribution in [-0.4, -0.2) is 28.3 Å². The molecule has 1 aromatic carbocycles. The Hall–Kier alpha value is -2.26.